The normalized spacial score (nSPS) is 38.6. The van der Waals surface area contributed by atoms with E-state index in [2.05, 4.69) is 18.0 Å². The minimum atomic E-state index is -1.20. The molecule has 4 aliphatic rings. The van der Waals surface area contributed by atoms with Gasteiger partial charge in [0.1, 0.15) is 18.1 Å². The number of esters is 1. The maximum atomic E-state index is 14.5. The van der Waals surface area contributed by atoms with Gasteiger partial charge in [0.2, 0.25) is 0 Å². The molecule has 0 saturated carbocycles. The number of pyridine rings is 1. The average molecular weight is 777 g/mol. The number of carbonyl (C=O) groups is 3. The van der Waals surface area contributed by atoms with Crippen LogP contribution in [0.15, 0.2) is 47.6 Å². The molecule has 1 N–H and O–H groups in total. The molecule has 1 aromatic carbocycles. The summed E-state index contributed by atoms with van der Waals surface area (Å²) in [5, 5.41) is 12.7. The number of aromatic nitrogens is 1. The fraction of sp³-hybridized carbons (Fsp3) is 0.651. The van der Waals surface area contributed by atoms with Crippen molar-refractivity contribution in [3.8, 4) is 0 Å². The smallest absolute Gasteiger partial charge is 0.410 e. The van der Waals surface area contributed by atoms with Gasteiger partial charge in [-0.15, -0.1) is 0 Å². The maximum Gasteiger partial charge on any atom is 0.410 e. The molecular formula is C43H60N4O9. The molecule has 5 heterocycles. The second-order valence-electron chi connectivity index (χ2n) is 17.0. The van der Waals surface area contributed by atoms with Crippen molar-refractivity contribution in [2.75, 3.05) is 33.8 Å². The fourth-order valence-corrected chi connectivity index (χ4v) is 9.46. The van der Waals surface area contributed by atoms with E-state index in [4.69, 9.17) is 28.7 Å². The number of benzene rings is 1. The van der Waals surface area contributed by atoms with Gasteiger partial charge in [0.05, 0.1) is 42.5 Å². The number of Topliss-reactive ketones (excluding diaryl/α,β-unsaturated/α-hetero) is 1. The number of hydrogen-bond donors (Lipinski definition) is 1. The van der Waals surface area contributed by atoms with Crippen LogP contribution in [0.1, 0.15) is 73.8 Å². The summed E-state index contributed by atoms with van der Waals surface area (Å²) in [7, 11) is 3.81. The van der Waals surface area contributed by atoms with Gasteiger partial charge in [0, 0.05) is 41.7 Å². The van der Waals surface area contributed by atoms with E-state index in [1.165, 1.54) is 6.92 Å². The quantitative estimate of drug-likeness (QED) is 0.288. The number of carbonyl (C=O) groups excluding carboxylic acids is 3. The van der Waals surface area contributed by atoms with Gasteiger partial charge in [-0.25, -0.2) is 4.79 Å². The molecule has 3 fully saturated rings. The zero-order valence-electron chi connectivity index (χ0n) is 34.5. The van der Waals surface area contributed by atoms with E-state index in [1.54, 1.807) is 25.7 Å². The van der Waals surface area contributed by atoms with Gasteiger partial charge in [-0.2, -0.15) is 0 Å². The lowest BCUT2D eigenvalue weighted by Gasteiger charge is -2.47. The number of fused-ring (bicyclic) bond motifs is 2. The van der Waals surface area contributed by atoms with Crippen molar-refractivity contribution in [2.24, 2.45) is 28.7 Å². The summed E-state index contributed by atoms with van der Waals surface area (Å²) in [6.07, 6.45) is 1.91. The highest BCUT2D eigenvalue weighted by Crippen LogP contribution is 2.43. The monoisotopic (exact) mass is 776 g/mol. The molecule has 306 valence electrons. The molecule has 13 heteroatoms. The Hall–Kier alpha value is -3.75. The highest BCUT2D eigenvalue weighted by molar-refractivity contribution is 6.00. The van der Waals surface area contributed by atoms with Crippen LogP contribution >= 0.6 is 0 Å². The number of aliphatic hydroxyl groups is 1. The molecule has 2 unspecified atom stereocenters. The molecule has 0 aliphatic carbocycles. The first-order valence-electron chi connectivity index (χ1n) is 20.0. The van der Waals surface area contributed by atoms with Crippen LogP contribution in [-0.4, -0.2) is 131 Å². The second-order valence-corrected chi connectivity index (χ2v) is 17.0. The predicted octanol–water partition coefficient (Wildman–Crippen LogP) is 5.32. The van der Waals surface area contributed by atoms with Gasteiger partial charge < -0.3 is 33.7 Å². The number of ketones is 1. The highest BCUT2D eigenvalue weighted by Gasteiger charge is 2.59. The lowest BCUT2D eigenvalue weighted by Crippen LogP contribution is -2.60. The molecule has 13 nitrogen and oxygen atoms in total. The number of aliphatic imine (C=N–C) groups is 1. The van der Waals surface area contributed by atoms with E-state index in [0.717, 1.165) is 22.2 Å². The van der Waals surface area contributed by atoms with Gasteiger partial charge >= 0.3 is 12.1 Å². The molecule has 0 radical (unpaired) electrons. The summed E-state index contributed by atoms with van der Waals surface area (Å²) in [6, 6.07) is 9.23. The van der Waals surface area contributed by atoms with Crippen molar-refractivity contribution >= 4 is 40.5 Å². The molecular weight excluding hydrogens is 716 g/mol. The van der Waals surface area contributed by atoms with Crippen LogP contribution < -0.4 is 0 Å². The Morgan fingerprint density at radius 2 is 1.79 bits per heavy atom. The third-order valence-corrected chi connectivity index (χ3v) is 12.6. The van der Waals surface area contributed by atoms with Crippen molar-refractivity contribution in [1.82, 2.24) is 14.8 Å². The SMILES string of the molecule is C[C@H]1C(=O)O[C@H](C)[C@@]2(C)OC(=O)N3CCN=C([C@H](C)C[C@](C)(OC/C=C/c4cnc5ccccc5c4)[C@H](O[C@H]4O[C@@H](C)C[C@@H](N(C)C)C4O)[C@@H](C)C1=O)[C@H](C)C32. The number of cyclic esters (lactones) is 1. The molecule has 2 bridgehead atoms. The molecule has 56 heavy (non-hydrogen) atoms. The first-order valence-corrected chi connectivity index (χ1v) is 20.0. The van der Waals surface area contributed by atoms with Crippen molar-refractivity contribution < 1.29 is 43.2 Å². The van der Waals surface area contributed by atoms with Crippen molar-refractivity contribution in [3.05, 3.63) is 48.2 Å². The Bertz CT molecular complexity index is 1830. The van der Waals surface area contributed by atoms with Crippen LogP contribution in [0.25, 0.3) is 17.0 Å². The van der Waals surface area contributed by atoms with E-state index < -0.39 is 71.5 Å². The summed E-state index contributed by atoms with van der Waals surface area (Å²) in [5.74, 6) is -3.74. The molecule has 4 aliphatic heterocycles. The number of ether oxygens (including phenoxy) is 5. The predicted molar refractivity (Wildman–Crippen MR) is 212 cm³/mol. The largest absolute Gasteiger partial charge is 0.458 e. The van der Waals surface area contributed by atoms with E-state index in [9.17, 15) is 19.5 Å². The lowest BCUT2D eigenvalue weighted by molar-refractivity contribution is -0.296. The summed E-state index contributed by atoms with van der Waals surface area (Å²) in [4.78, 5) is 55.0. The number of rotatable bonds is 7. The first-order chi connectivity index (χ1) is 26.4. The second kappa shape index (κ2) is 16.6. The van der Waals surface area contributed by atoms with Crippen LogP contribution in [0.5, 0.6) is 0 Å². The summed E-state index contributed by atoms with van der Waals surface area (Å²) in [5.41, 5.74) is 0.279. The molecule has 2 aromatic rings. The average Bonchev–Trinajstić information content (AvgIpc) is 3.29. The Balaban J connectivity index is 1.41. The zero-order valence-corrected chi connectivity index (χ0v) is 34.5. The Morgan fingerprint density at radius 3 is 2.52 bits per heavy atom. The number of likely N-dealkylation sites (N-methyl/N-ethyl adjacent to an activating group) is 1. The zero-order chi connectivity index (χ0) is 40.7. The maximum absolute atomic E-state index is 14.5. The van der Waals surface area contributed by atoms with Crippen LogP contribution in [0.4, 0.5) is 4.79 Å². The molecule has 1 aromatic heterocycles. The first kappa shape index (κ1) is 41.9. The summed E-state index contributed by atoms with van der Waals surface area (Å²) in [6.45, 7) is 15.6. The highest BCUT2D eigenvalue weighted by atomic mass is 16.7. The molecule has 6 rings (SSSR count). The van der Waals surface area contributed by atoms with Crippen molar-refractivity contribution in [2.45, 2.75) is 122 Å². The third kappa shape index (κ3) is 8.16. The van der Waals surface area contributed by atoms with Gasteiger partial charge in [0.15, 0.2) is 17.7 Å². The van der Waals surface area contributed by atoms with Crippen molar-refractivity contribution in [1.29, 1.82) is 0 Å². The standard InChI is InChI=1S/C43H60N4O9/c1-24-22-42(7,52-19-13-14-30-21-31-15-11-12-16-32(31)45-23-30)38(55-40-36(49)33(46(9)10)20-25(2)53-40)27(4)35(48)28(5)39(50)54-29(6)43(8)37-26(3)34(24)44-17-18-47(37)41(51)56-43/h11-16,21,23-29,33,36-38,40,49H,17-20,22H2,1-10H3/b14-13+/t24-,25+,26+,27+,28-,29-,33-,36?,37?,38-,40-,42+,43-/m1/s1. The lowest BCUT2D eigenvalue weighted by atomic mass is 9.73. The topological polar surface area (TPSA) is 149 Å². The minimum absolute atomic E-state index is 0.148. The van der Waals surface area contributed by atoms with E-state index in [1.807, 2.05) is 82.4 Å². The van der Waals surface area contributed by atoms with Gasteiger partial charge in [-0.3, -0.25) is 24.5 Å². The van der Waals surface area contributed by atoms with Crippen LogP contribution in [-0.2, 0) is 33.3 Å². The molecule has 1 amide bonds. The van der Waals surface area contributed by atoms with Gasteiger partial charge in [-0.05, 0) is 85.2 Å². The third-order valence-electron chi connectivity index (χ3n) is 12.6. The van der Waals surface area contributed by atoms with Crippen molar-refractivity contribution in [3.63, 3.8) is 0 Å². The van der Waals surface area contributed by atoms with E-state index in [-0.39, 0.29) is 30.6 Å². The van der Waals surface area contributed by atoms with Gasteiger partial charge in [0.25, 0.3) is 0 Å². The van der Waals surface area contributed by atoms with Crippen LogP contribution in [0, 0.1) is 23.7 Å². The number of amides is 1. The Labute approximate surface area is 330 Å². The number of nitrogens with zero attached hydrogens (tertiary/aromatic N) is 4. The van der Waals surface area contributed by atoms with Crippen LogP contribution in [0.2, 0.25) is 0 Å². The Kier molecular flexibility index (Phi) is 12.4. The summed E-state index contributed by atoms with van der Waals surface area (Å²) >= 11 is 0. The van der Waals surface area contributed by atoms with E-state index >= 15 is 0 Å². The fourth-order valence-electron chi connectivity index (χ4n) is 9.46. The van der Waals surface area contributed by atoms with E-state index in [0.29, 0.717) is 25.9 Å². The number of hydrogen-bond acceptors (Lipinski definition) is 12. The Morgan fingerprint density at radius 1 is 1.05 bits per heavy atom. The van der Waals surface area contributed by atoms with Crippen LogP contribution in [0.3, 0.4) is 0 Å². The minimum Gasteiger partial charge on any atom is -0.458 e. The number of para-hydroxylation sites is 1. The molecule has 0 spiro atoms. The molecule has 3 saturated heterocycles. The molecule has 13 atom stereocenters. The van der Waals surface area contributed by atoms with Gasteiger partial charge in [-0.1, -0.05) is 51.1 Å². The summed E-state index contributed by atoms with van der Waals surface area (Å²) < 4.78 is 32.1. The number of aliphatic hydroxyl groups excluding tert-OH is 1.